The maximum Gasteiger partial charge on any atom is 0.226 e. The Morgan fingerprint density at radius 1 is 1.36 bits per heavy atom. The Morgan fingerprint density at radius 3 is 3.09 bits per heavy atom. The Hall–Kier alpha value is -2.88. The fourth-order valence-corrected chi connectivity index (χ4v) is 2.46. The van der Waals surface area contributed by atoms with E-state index in [1.54, 1.807) is 25.4 Å². The van der Waals surface area contributed by atoms with Crippen LogP contribution < -0.4 is 15.0 Å². The van der Waals surface area contributed by atoms with E-state index in [4.69, 9.17) is 10.00 Å². The molecule has 3 heterocycles. The number of hydrogen-bond donors (Lipinski definition) is 1. The number of nitrogens with zero attached hydrogens (tertiary/aromatic N) is 5. The molecule has 0 spiro atoms. The van der Waals surface area contributed by atoms with Crippen LogP contribution in [0.4, 0.5) is 11.8 Å². The normalized spacial score (nSPS) is 17.1. The molecule has 112 valence electrons. The molecule has 2 aromatic rings. The van der Waals surface area contributed by atoms with Gasteiger partial charge in [0.05, 0.1) is 7.11 Å². The number of ether oxygens (including phenoxy) is 1. The van der Waals surface area contributed by atoms with Gasteiger partial charge < -0.3 is 15.0 Å². The zero-order chi connectivity index (χ0) is 15.4. The van der Waals surface area contributed by atoms with Gasteiger partial charge >= 0.3 is 0 Å². The Morgan fingerprint density at radius 2 is 2.27 bits per heavy atom. The van der Waals surface area contributed by atoms with E-state index in [-0.39, 0.29) is 6.04 Å². The lowest BCUT2D eigenvalue weighted by atomic mass is 10.3. The fourth-order valence-electron chi connectivity index (χ4n) is 2.46. The lowest BCUT2D eigenvalue weighted by molar-refractivity contribution is 0.397. The van der Waals surface area contributed by atoms with E-state index in [2.05, 4.69) is 31.2 Å². The van der Waals surface area contributed by atoms with Crippen LogP contribution in [0.15, 0.2) is 30.5 Å². The smallest absolute Gasteiger partial charge is 0.226 e. The van der Waals surface area contributed by atoms with Crippen LogP contribution in [0, 0.1) is 11.3 Å². The summed E-state index contributed by atoms with van der Waals surface area (Å²) in [7, 11) is 1.58. The first-order chi connectivity index (χ1) is 10.8. The molecule has 1 atom stereocenters. The zero-order valence-corrected chi connectivity index (χ0v) is 12.2. The predicted molar refractivity (Wildman–Crippen MR) is 81.8 cm³/mol. The summed E-state index contributed by atoms with van der Waals surface area (Å²) < 4.78 is 5.09. The van der Waals surface area contributed by atoms with Gasteiger partial charge in [-0.2, -0.15) is 10.2 Å². The summed E-state index contributed by atoms with van der Waals surface area (Å²) >= 11 is 0. The SMILES string of the molecule is COc1ccnc(NC2CCN(c3cccc(C#N)n3)C2)n1. The Balaban J connectivity index is 1.65. The molecule has 2 aromatic heterocycles. The number of aromatic nitrogens is 3. The van der Waals surface area contributed by atoms with Gasteiger partial charge in [-0.05, 0) is 18.6 Å². The van der Waals surface area contributed by atoms with Crippen molar-refractivity contribution in [1.82, 2.24) is 15.0 Å². The van der Waals surface area contributed by atoms with Gasteiger partial charge in [0.25, 0.3) is 0 Å². The molecule has 1 saturated heterocycles. The van der Waals surface area contributed by atoms with Gasteiger partial charge in [0.15, 0.2) is 0 Å². The van der Waals surface area contributed by atoms with Crippen molar-refractivity contribution < 1.29 is 4.74 Å². The first kappa shape index (κ1) is 14.1. The number of nitriles is 1. The molecule has 0 bridgehead atoms. The molecule has 0 saturated carbocycles. The standard InChI is InChI=1S/C15H16N6O/c1-22-14-5-7-17-15(20-14)19-12-6-8-21(10-12)13-4-2-3-11(9-16)18-13/h2-5,7,12H,6,8,10H2,1H3,(H,17,19,20). The van der Waals surface area contributed by atoms with Crippen molar-refractivity contribution in [3.05, 3.63) is 36.2 Å². The molecule has 3 rings (SSSR count). The van der Waals surface area contributed by atoms with Crippen LogP contribution in [-0.4, -0.2) is 41.2 Å². The van der Waals surface area contributed by atoms with Gasteiger partial charge in [-0.1, -0.05) is 6.07 Å². The van der Waals surface area contributed by atoms with Crippen LogP contribution in [0.5, 0.6) is 5.88 Å². The molecule has 1 aliphatic rings. The maximum atomic E-state index is 8.93. The molecule has 0 aliphatic carbocycles. The third-order valence-corrected chi connectivity index (χ3v) is 3.53. The van der Waals surface area contributed by atoms with E-state index in [1.807, 2.05) is 12.1 Å². The molecule has 7 heteroatoms. The quantitative estimate of drug-likeness (QED) is 0.913. The van der Waals surface area contributed by atoms with E-state index in [0.717, 1.165) is 25.3 Å². The Bertz CT molecular complexity index is 698. The molecular formula is C15H16N6O. The highest BCUT2D eigenvalue weighted by atomic mass is 16.5. The summed E-state index contributed by atoms with van der Waals surface area (Å²) in [6.45, 7) is 1.67. The topological polar surface area (TPSA) is 87.0 Å². The highest BCUT2D eigenvalue weighted by Crippen LogP contribution is 2.20. The van der Waals surface area contributed by atoms with E-state index in [0.29, 0.717) is 17.5 Å². The minimum Gasteiger partial charge on any atom is -0.481 e. The fraction of sp³-hybridized carbons (Fsp3) is 0.333. The van der Waals surface area contributed by atoms with Crippen molar-refractivity contribution in [1.29, 1.82) is 5.26 Å². The summed E-state index contributed by atoms with van der Waals surface area (Å²) in [6, 6.07) is 9.50. The second-order valence-corrected chi connectivity index (χ2v) is 4.99. The summed E-state index contributed by atoms with van der Waals surface area (Å²) in [4.78, 5) is 14.9. The van der Waals surface area contributed by atoms with Gasteiger partial charge in [-0.3, -0.25) is 0 Å². The molecule has 0 radical (unpaired) electrons. The number of nitrogens with one attached hydrogen (secondary N) is 1. The lowest BCUT2D eigenvalue weighted by Gasteiger charge is -2.18. The van der Waals surface area contributed by atoms with Gasteiger partial charge in [-0.25, -0.2) is 9.97 Å². The molecule has 1 unspecified atom stereocenters. The molecule has 0 aromatic carbocycles. The highest BCUT2D eigenvalue weighted by Gasteiger charge is 2.24. The molecule has 7 nitrogen and oxygen atoms in total. The van der Waals surface area contributed by atoms with Crippen molar-refractivity contribution in [2.45, 2.75) is 12.5 Å². The molecular weight excluding hydrogens is 280 g/mol. The minimum atomic E-state index is 0.236. The minimum absolute atomic E-state index is 0.236. The number of rotatable bonds is 4. The second kappa shape index (κ2) is 6.26. The van der Waals surface area contributed by atoms with Crippen molar-refractivity contribution in [2.24, 2.45) is 0 Å². The van der Waals surface area contributed by atoms with Crippen LogP contribution in [-0.2, 0) is 0 Å². The van der Waals surface area contributed by atoms with Gasteiger partial charge in [0.1, 0.15) is 17.6 Å². The van der Waals surface area contributed by atoms with Crippen molar-refractivity contribution in [3.63, 3.8) is 0 Å². The maximum absolute atomic E-state index is 8.93. The van der Waals surface area contributed by atoms with Crippen LogP contribution in [0.3, 0.4) is 0 Å². The average Bonchev–Trinajstić information content (AvgIpc) is 3.03. The van der Waals surface area contributed by atoms with E-state index >= 15 is 0 Å². The molecule has 0 amide bonds. The van der Waals surface area contributed by atoms with Gasteiger partial charge in [0.2, 0.25) is 11.8 Å². The van der Waals surface area contributed by atoms with Gasteiger partial charge in [0, 0.05) is 31.4 Å². The summed E-state index contributed by atoms with van der Waals surface area (Å²) in [6.07, 6.45) is 2.62. The number of hydrogen-bond acceptors (Lipinski definition) is 7. The summed E-state index contributed by atoms with van der Waals surface area (Å²) in [5.41, 5.74) is 0.435. The van der Waals surface area contributed by atoms with Crippen molar-refractivity contribution in [2.75, 3.05) is 30.4 Å². The summed E-state index contributed by atoms with van der Waals surface area (Å²) in [5.74, 6) is 1.93. The molecule has 1 aliphatic heterocycles. The van der Waals surface area contributed by atoms with Crippen LogP contribution in [0.25, 0.3) is 0 Å². The van der Waals surface area contributed by atoms with Crippen molar-refractivity contribution >= 4 is 11.8 Å². The monoisotopic (exact) mass is 296 g/mol. The Labute approximate surface area is 128 Å². The van der Waals surface area contributed by atoms with Crippen LogP contribution in [0.1, 0.15) is 12.1 Å². The number of pyridine rings is 1. The lowest BCUT2D eigenvalue weighted by Crippen LogP contribution is -2.27. The summed E-state index contributed by atoms with van der Waals surface area (Å²) in [5, 5.41) is 12.2. The van der Waals surface area contributed by atoms with E-state index in [9.17, 15) is 0 Å². The van der Waals surface area contributed by atoms with Crippen molar-refractivity contribution in [3.8, 4) is 11.9 Å². The van der Waals surface area contributed by atoms with E-state index < -0.39 is 0 Å². The third-order valence-electron chi connectivity index (χ3n) is 3.53. The zero-order valence-electron chi connectivity index (χ0n) is 12.2. The predicted octanol–water partition coefficient (Wildman–Crippen LogP) is 1.44. The Kier molecular flexibility index (Phi) is 4.01. The molecule has 22 heavy (non-hydrogen) atoms. The molecule has 1 fully saturated rings. The largest absolute Gasteiger partial charge is 0.481 e. The first-order valence-corrected chi connectivity index (χ1v) is 7.04. The van der Waals surface area contributed by atoms with E-state index in [1.165, 1.54) is 0 Å². The van der Waals surface area contributed by atoms with Crippen LogP contribution in [0.2, 0.25) is 0 Å². The number of methoxy groups -OCH3 is 1. The van der Waals surface area contributed by atoms with Gasteiger partial charge in [-0.15, -0.1) is 0 Å². The average molecular weight is 296 g/mol. The number of anilines is 2. The highest BCUT2D eigenvalue weighted by molar-refractivity contribution is 5.44. The third kappa shape index (κ3) is 3.06. The van der Waals surface area contributed by atoms with Crippen LogP contribution >= 0.6 is 0 Å². The second-order valence-electron chi connectivity index (χ2n) is 4.99. The first-order valence-electron chi connectivity index (χ1n) is 7.04. The molecule has 1 N–H and O–H groups in total.